The SMILES string of the molecule is ClCCl.F[P-](F)(F)(F)(F)F.Fc1c[c-]c(-n2cccn2)c(F)c1.Fc1c[c-]c(-n2cccn2)c(F)c1.[Ir+3].c1ccc(-c2cccc(-c3ccccn3)n2)cc1. The van der Waals surface area contributed by atoms with E-state index in [0.717, 1.165) is 46.9 Å². The molecule has 20 heteroatoms. The van der Waals surface area contributed by atoms with Crippen molar-refractivity contribution in [2.75, 3.05) is 5.34 Å². The van der Waals surface area contributed by atoms with Crippen LogP contribution in [0.3, 0.4) is 0 Å². The Morgan fingerprint density at radius 1 is 0.564 bits per heavy atom. The Bertz CT molecular complexity index is 2020. The van der Waals surface area contributed by atoms with E-state index in [2.05, 4.69) is 44.4 Å². The van der Waals surface area contributed by atoms with E-state index in [0.29, 0.717) is 0 Å². The molecule has 0 N–H and O–H groups in total. The molecule has 6 nitrogen and oxygen atoms in total. The Morgan fingerprint density at radius 2 is 1.00 bits per heavy atom. The van der Waals surface area contributed by atoms with Gasteiger partial charge in [0.05, 0.1) is 22.4 Å². The summed E-state index contributed by atoms with van der Waals surface area (Å²) in [5.41, 5.74) is 4.12. The molecule has 0 amide bonds. The van der Waals surface area contributed by atoms with Crippen LogP contribution in [0.4, 0.5) is 42.7 Å². The van der Waals surface area contributed by atoms with Gasteiger partial charge in [0.25, 0.3) is 0 Å². The molecule has 3 aromatic carbocycles. The van der Waals surface area contributed by atoms with Gasteiger partial charge in [-0.2, -0.15) is 22.3 Å². The van der Waals surface area contributed by atoms with Gasteiger partial charge in [0, 0.05) is 59.8 Å². The molecule has 0 aliphatic rings. The average molecular weight is 1010 g/mol. The molecule has 0 saturated carbocycles. The topological polar surface area (TPSA) is 61.4 Å². The van der Waals surface area contributed by atoms with Crippen LogP contribution in [0.25, 0.3) is 34.0 Å². The summed E-state index contributed by atoms with van der Waals surface area (Å²) in [6.45, 7) is 0. The van der Waals surface area contributed by atoms with Crippen molar-refractivity contribution in [2.24, 2.45) is 0 Å². The quantitative estimate of drug-likeness (QED) is 0.0763. The molecule has 0 spiro atoms. The predicted molar refractivity (Wildman–Crippen MR) is 188 cm³/mol. The molecule has 4 heterocycles. The summed E-state index contributed by atoms with van der Waals surface area (Å²) in [4.78, 5) is 8.97. The van der Waals surface area contributed by atoms with Crippen molar-refractivity contribution in [3.05, 3.63) is 170 Å². The molecule has 0 radical (unpaired) electrons. The largest absolute Gasteiger partial charge is 3.00 e. The van der Waals surface area contributed by atoms with Crippen LogP contribution in [0.2, 0.25) is 0 Å². The zero-order chi connectivity index (χ0) is 39.8. The molecule has 4 aromatic heterocycles. The standard InChI is InChI=1S/C16H12N2.2C9H5F2N2.CH2Cl2.F6P.Ir/c1-2-7-13(8-3-1)14-10-6-11-16(18-14)15-9-4-5-12-17-15;2*10-7-2-3-9(8(11)6-7)13-5-1-4-12-13;2-1-3;1-7(2,3,4,5)6;/h1-12H;2*1-2,4-6H;1H2;;/q;2*-1;;-1;+3. The first-order valence-electron chi connectivity index (χ1n) is 14.7. The van der Waals surface area contributed by atoms with Gasteiger partial charge < -0.3 is 0 Å². The summed E-state index contributed by atoms with van der Waals surface area (Å²) in [5.74, 6) is -2.64. The van der Waals surface area contributed by atoms with Crippen molar-refractivity contribution >= 4 is 31.0 Å². The Balaban J connectivity index is 0.000000256. The molecule has 0 aliphatic heterocycles. The van der Waals surface area contributed by atoms with E-state index in [9.17, 15) is 42.7 Å². The molecular weight excluding hydrogens is 989 g/mol. The van der Waals surface area contributed by atoms with E-state index in [1.54, 1.807) is 30.7 Å². The first-order chi connectivity index (χ1) is 25.3. The van der Waals surface area contributed by atoms with Crippen LogP contribution >= 0.6 is 31.0 Å². The third-order valence-electron chi connectivity index (χ3n) is 5.89. The molecule has 7 rings (SSSR count). The maximum Gasteiger partial charge on any atom is 3.00 e. The third-order valence-corrected chi connectivity index (χ3v) is 5.89. The van der Waals surface area contributed by atoms with Crippen LogP contribution in [0.1, 0.15) is 0 Å². The minimum absolute atomic E-state index is 0. The van der Waals surface area contributed by atoms with E-state index in [-0.39, 0.29) is 36.8 Å². The number of nitrogens with zero attached hydrogens (tertiary/aromatic N) is 6. The zero-order valence-corrected chi connectivity index (χ0v) is 32.2. The van der Waals surface area contributed by atoms with Gasteiger partial charge in [0.15, 0.2) is 0 Å². The minimum atomic E-state index is -10.7. The Labute approximate surface area is 331 Å². The number of hydrogen-bond acceptors (Lipinski definition) is 4. The number of aromatic nitrogens is 6. The monoisotopic (exact) mass is 1010 g/mol. The van der Waals surface area contributed by atoms with Crippen LogP contribution in [0, 0.1) is 35.4 Å². The predicted octanol–water partition coefficient (Wildman–Crippen LogP) is 12.5. The molecule has 0 atom stereocenters. The Kier molecular flexibility index (Phi) is 17.2. The minimum Gasteiger partial charge on any atom is -0.284 e. The number of pyridine rings is 2. The summed E-state index contributed by atoms with van der Waals surface area (Å²) in [7, 11) is -10.7. The smallest absolute Gasteiger partial charge is 0.284 e. The summed E-state index contributed by atoms with van der Waals surface area (Å²) >= 11 is 9.53. The van der Waals surface area contributed by atoms with Crippen molar-refractivity contribution in [3.8, 4) is 34.0 Å². The van der Waals surface area contributed by atoms with Crippen molar-refractivity contribution in [1.29, 1.82) is 0 Å². The van der Waals surface area contributed by atoms with Gasteiger partial charge >= 0.3 is 53.1 Å². The molecule has 0 saturated heterocycles. The first-order valence-corrected chi connectivity index (χ1v) is 17.8. The second kappa shape index (κ2) is 20.3. The van der Waals surface area contributed by atoms with Gasteiger partial charge in [-0.25, -0.2) is 4.98 Å². The van der Waals surface area contributed by atoms with Crippen molar-refractivity contribution in [2.45, 2.75) is 0 Å². The summed E-state index contributed by atoms with van der Waals surface area (Å²) in [5, 5.41) is 7.79. The van der Waals surface area contributed by atoms with Gasteiger partial charge in [-0.05, 0) is 47.8 Å². The number of benzene rings is 3. The normalized spacial score (nSPS) is 11.5. The number of halogens is 12. The zero-order valence-electron chi connectivity index (χ0n) is 27.4. The van der Waals surface area contributed by atoms with E-state index < -0.39 is 31.1 Å². The van der Waals surface area contributed by atoms with E-state index in [1.807, 2.05) is 54.6 Å². The Morgan fingerprint density at radius 3 is 1.40 bits per heavy atom. The molecule has 0 aliphatic carbocycles. The summed E-state index contributed by atoms with van der Waals surface area (Å²) in [6.07, 6.45) is 7.93. The fraction of sp³-hybridized carbons (Fsp3) is 0.0286. The second-order valence-corrected chi connectivity index (χ2v) is 12.7. The van der Waals surface area contributed by atoms with E-state index in [1.165, 1.54) is 21.8 Å². The molecular formula is C35H24Cl2F10IrN6P. The van der Waals surface area contributed by atoms with Gasteiger partial charge in [-0.3, -0.25) is 31.9 Å². The van der Waals surface area contributed by atoms with Crippen molar-refractivity contribution < 1.29 is 62.8 Å². The number of alkyl halides is 2. The van der Waals surface area contributed by atoms with Crippen LogP contribution in [-0.4, -0.2) is 34.9 Å². The van der Waals surface area contributed by atoms with Crippen LogP contribution in [0.5, 0.6) is 0 Å². The molecule has 7 aromatic rings. The molecule has 55 heavy (non-hydrogen) atoms. The number of hydrogen-bond donors (Lipinski definition) is 0. The Hall–Kier alpha value is -4.66. The maximum atomic E-state index is 13.1. The van der Waals surface area contributed by atoms with E-state index >= 15 is 0 Å². The van der Waals surface area contributed by atoms with Gasteiger partial charge in [0.1, 0.15) is 0 Å². The van der Waals surface area contributed by atoms with Gasteiger partial charge in [0.2, 0.25) is 0 Å². The molecule has 0 bridgehead atoms. The summed E-state index contributed by atoms with van der Waals surface area (Å²) < 4.78 is 113. The van der Waals surface area contributed by atoms with Crippen LogP contribution in [0.15, 0.2) is 134 Å². The second-order valence-electron chi connectivity index (χ2n) is 9.98. The van der Waals surface area contributed by atoms with Gasteiger partial charge in [-0.1, -0.05) is 42.5 Å². The molecule has 0 fully saturated rings. The maximum absolute atomic E-state index is 13.1. The third kappa shape index (κ3) is 18.5. The molecule has 292 valence electrons. The van der Waals surface area contributed by atoms with E-state index in [4.69, 9.17) is 23.2 Å². The molecule has 0 unspecified atom stereocenters. The summed E-state index contributed by atoms with van der Waals surface area (Å²) in [6, 6.07) is 34.0. The number of rotatable bonds is 4. The fourth-order valence-corrected chi connectivity index (χ4v) is 3.89. The first kappa shape index (κ1) is 46.5. The van der Waals surface area contributed by atoms with Crippen molar-refractivity contribution in [1.82, 2.24) is 29.5 Å². The van der Waals surface area contributed by atoms with Gasteiger partial charge in [-0.15, -0.1) is 47.5 Å². The van der Waals surface area contributed by atoms with Crippen LogP contribution < -0.4 is 0 Å². The van der Waals surface area contributed by atoms with Crippen molar-refractivity contribution in [3.63, 3.8) is 0 Å². The average Bonchev–Trinajstić information content (AvgIpc) is 3.85. The van der Waals surface area contributed by atoms with Crippen LogP contribution in [-0.2, 0) is 20.1 Å². The fourth-order valence-electron chi connectivity index (χ4n) is 3.89.